The molecule has 0 fully saturated rings. The molecular formula is C27H28ClN3O2. The number of ether oxygens (including phenoxy) is 2. The molecule has 0 bridgehead atoms. The molecule has 0 radical (unpaired) electrons. The first-order valence-corrected chi connectivity index (χ1v) is 11.8. The van der Waals surface area contributed by atoms with Gasteiger partial charge in [-0.05, 0) is 67.1 Å². The third-order valence-corrected chi connectivity index (χ3v) is 6.93. The lowest BCUT2D eigenvalue weighted by Gasteiger charge is -2.26. The molecule has 1 aliphatic carbocycles. The van der Waals surface area contributed by atoms with Gasteiger partial charge in [0.15, 0.2) is 5.65 Å². The predicted octanol–water partition coefficient (Wildman–Crippen LogP) is 6.39. The van der Waals surface area contributed by atoms with Crippen LogP contribution in [-0.2, 0) is 24.2 Å². The first-order valence-electron chi connectivity index (χ1n) is 11.5. The lowest BCUT2D eigenvalue weighted by atomic mass is 9.83. The zero-order chi connectivity index (χ0) is 22.9. The summed E-state index contributed by atoms with van der Waals surface area (Å²) in [6.45, 7) is 2.70. The van der Waals surface area contributed by atoms with E-state index in [2.05, 4.69) is 23.6 Å². The van der Waals surface area contributed by atoms with Crippen LogP contribution in [0, 0.1) is 5.92 Å². The largest absolute Gasteiger partial charge is 0.497 e. The molecule has 1 atom stereocenters. The monoisotopic (exact) mass is 461 g/mol. The summed E-state index contributed by atoms with van der Waals surface area (Å²) in [5.41, 5.74) is 8.50. The molecule has 2 aromatic heterocycles. The minimum absolute atomic E-state index is 0.422. The molecule has 0 amide bonds. The topological polar surface area (TPSA) is 48.7 Å². The fourth-order valence-electron chi connectivity index (χ4n) is 4.87. The molecule has 0 spiro atoms. The Morgan fingerprint density at radius 1 is 1.03 bits per heavy atom. The number of benzene rings is 2. The molecule has 4 aromatic rings. The van der Waals surface area contributed by atoms with Crippen LogP contribution in [0.3, 0.4) is 0 Å². The van der Waals surface area contributed by atoms with Crippen LogP contribution >= 0.6 is 11.6 Å². The predicted molar refractivity (Wildman–Crippen MR) is 132 cm³/mol. The molecule has 1 aliphatic rings. The molecule has 2 aromatic carbocycles. The smallest absolute Gasteiger partial charge is 0.164 e. The molecule has 0 aliphatic heterocycles. The average Bonchev–Trinajstić information content (AvgIpc) is 3.22. The maximum absolute atomic E-state index is 6.17. The Morgan fingerprint density at radius 2 is 1.76 bits per heavy atom. The Labute approximate surface area is 199 Å². The van der Waals surface area contributed by atoms with Gasteiger partial charge in [-0.1, -0.05) is 37.1 Å². The number of rotatable bonds is 6. The number of aryl methyl sites for hydroxylation is 1. The van der Waals surface area contributed by atoms with Gasteiger partial charge in [0.2, 0.25) is 0 Å². The second-order valence-corrected chi connectivity index (χ2v) is 9.06. The Hall–Kier alpha value is -2.89. The van der Waals surface area contributed by atoms with Gasteiger partial charge in [-0.15, -0.1) is 0 Å². The summed E-state index contributed by atoms with van der Waals surface area (Å²) in [6, 6.07) is 16.1. The molecule has 170 valence electrons. The molecular weight excluding hydrogens is 434 g/mol. The molecule has 6 heteroatoms. The van der Waals surface area contributed by atoms with Gasteiger partial charge in [0, 0.05) is 29.0 Å². The summed E-state index contributed by atoms with van der Waals surface area (Å²) < 4.78 is 13.0. The number of fused-ring (bicyclic) bond motifs is 3. The maximum Gasteiger partial charge on any atom is 0.164 e. The number of hydrogen-bond acceptors (Lipinski definition) is 4. The zero-order valence-corrected chi connectivity index (χ0v) is 20.0. The maximum atomic E-state index is 6.17. The Kier molecular flexibility index (Phi) is 6.09. The van der Waals surface area contributed by atoms with E-state index in [1.165, 1.54) is 24.1 Å². The van der Waals surface area contributed by atoms with Crippen LogP contribution in [0.1, 0.15) is 36.7 Å². The third kappa shape index (κ3) is 4.00. The van der Waals surface area contributed by atoms with Crippen molar-refractivity contribution < 1.29 is 9.47 Å². The van der Waals surface area contributed by atoms with Crippen molar-refractivity contribution >= 4 is 17.2 Å². The third-order valence-electron chi connectivity index (χ3n) is 6.68. The van der Waals surface area contributed by atoms with Crippen LogP contribution in [0.15, 0.2) is 48.5 Å². The van der Waals surface area contributed by atoms with Gasteiger partial charge in [-0.3, -0.25) is 0 Å². The van der Waals surface area contributed by atoms with E-state index in [1.807, 2.05) is 36.4 Å². The van der Waals surface area contributed by atoms with E-state index in [1.54, 1.807) is 14.2 Å². The number of methoxy groups -OCH3 is 2. The van der Waals surface area contributed by atoms with Crippen LogP contribution in [0.25, 0.3) is 28.0 Å². The zero-order valence-electron chi connectivity index (χ0n) is 19.3. The van der Waals surface area contributed by atoms with Crippen molar-refractivity contribution in [2.24, 2.45) is 5.92 Å². The van der Waals surface area contributed by atoms with Gasteiger partial charge in [0.25, 0.3) is 0 Å². The van der Waals surface area contributed by atoms with E-state index in [0.29, 0.717) is 17.5 Å². The van der Waals surface area contributed by atoms with Crippen LogP contribution in [0.5, 0.6) is 5.75 Å². The van der Waals surface area contributed by atoms with Gasteiger partial charge >= 0.3 is 0 Å². The normalized spacial score (nSPS) is 15.6. The molecule has 0 saturated carbocycles. The highest BCUT2D eigenvalue weighted by molar-refractivity contribution is 6.30. The van der Waals surface area contributed by atoms with Crippen molar-refractivity contribution in [3.63, 3.8) is 0 Å². The van der Waals surface area contributed by atoms with Crippen molar-refractivity contribution in [1.82, 2.24) is 14.6 Å². The van der Waals surface area contributed by atoms with Crippen molar-refractivity contribution in [2.75, 3.05) is 14.2 Å². The SMILES string of the molecule is CC[C@@H]1CCc2c(c(-c3ccc(OC)cc3)nc3c(-c4ccc(Cl)cc4)c(COC)nn23)C1. The highest BCUT2D eigenvalue weighted by Gasteiger charge is 2.27. The summed E-state index contributed by atoms with van der Waals surface area (Å²) in [5, 5.41) is 5.71. The highest BCUT2D eigenvalue weighted by atomic mass is 35.5. The second-order valence-electron chi connectivity index (χ2n) is 8.63. The minimum atomic E-state index is 0.422. The lowest BCUT2D eigenvalue weighted by molar-refractivity contribution is 0.181. The molecule has 0 unspecified atom stereocenters. The molecule has 5 nitrogen and oxygen atoms in total. The quantitative estimate of drug-likeness (QED) is 0.334. The first-order chi connectivity index (χ1) is 16.1. The lowest BCUT2D eigenvalue weighted by Crippen LogP contribution is -2.19. The van der Waals surface area contributed by atoms with Crippen LogP contribution in [0.2, 0.25) is 5.02 Å². The fraction of sp³-hybridized carbons (Fsp3) is 0.333. The summed E-state index contributed by atoms with van der Waals surface area (Å²) in [4.78, 5) is 5.26. The molecule has 33 heavy (non-hydrogen) atoms. The molecule has 2 heterocycles. The minimum Gasteiger partial charge on any atom is -0.497 e. The van der Waals surface area contributed by atoms with Gasteiger partial charge in [-0.25, -0.2) is 9.50 Å². The number of hydrogen-bond donors (Lipinski definition) is 0. The summed E-state index contributed by atoms with van der Waals surface area (Å²) in [7, 11) is 3.39. The summed E-state index contributed by atoms with van der Waals surface area (Å²) in [5.74, 6) is 1.51. The first kappa shape index (κ1) is 21.9. The van der Waals surface area contributed by atoms with E-state index < -0.39 is 0 Å². The van der Waals surface area contributed by atoms with E-state index in [-0.39, 0.29) is 0 Å². The Morgan fingerprint density at radius 3 is 2.42 bits per heavy atom. The van der Waals surface area contributed by atoms with Crippen LogP contribution in [0.4, 0.5) is 0 Å². The van der Waals surface area contributed by atoms with Gasteiger partial charge in [-0.2, -0.15) is 5.10 Å². The van der Waals surface area contributed by atoms with E-state index in [0.717, 1.165) is 52.3 Å². The van der Waals surface area contributed by atoms with E-state index in [4.69, 9.17) is 31.2 Å². The van der Waals surface area contributed by atoms with Crippen molar-refractivity contribution in [3.05, 3.63) is 70.5 Å². The number of halogens is 1. The number of aromatic nitrogens is 3. The highest BCUT2D eigenvalue weighted by Crippen LogP contribution is 2.38. The van der Waals surface area contributed by atoms with Crippen molar-refractivity contribution in [2.45, 2.75) is 39.2 Å². The molecule has 0 saturated heterocycles. The van der Waals surface area contributed by atoms with Gasteiger partial charge in [0.1, 0.15) is 5.75 Å². The van der Waals surface area contributed by atoms with Crippen molar-refractivity contribution in [1.29, 1.82) is 0 Å². The average molecular weight is 462 g/mol. The van der Waals surface area contributed by atoms with Crippen LogP contribution in [-0.4, -0.2) is 28.8 Å². The number of nitrogens with zero attached hydrogens (tertiary/aromatic N) is 3. The molecule has 0 N–H and O–H groups in total. The Balaban J connectivity index is 1.79. The standard InChI is InChI=1S/C27H28ClN3O2/c1-4-17-5-14-24-22(15-17)26(19-8-12-21(33-3)13-9-19)29-27-25(18-6-10-20(28)11-7-18)23(16-32-2)30-31(24)27/h6-13,17H,4-5,14-16H2,1-3H3/t17-/m1/s1. The summed E-state index contributed by atoms with van der Waals surface area (Å²) >= 11 is 6.17. The van der Waals surface area contributed by atoms with E-state index >= 15 is 0 Å². The summed E-state index contributed by atoms with van der Waals surface area (Å²) in [6.07, 6.45) is 4.35. The Bertz CT molecular complexity index is 1280. The van der Waals surface area contributed by atoms with Crippen molar-refractivity contribution in [3.8, 4) is 28.1 Å². The second kappa shape index (κ2) is 9.16. The van der Waals surface area contributed by atoms with Gasteiger partial charge < -0.3 is 9.47 Å². The molecule has 5 rings (SSSR count). The fourth-order valence-corrected chi connectivity index (χ4v) is 5.00. The van der Waals surface area contributed by atoms with E-state index in [9.17, 15) is 0 Å². The van der Waals surface area contributed by atoms with Gasteiger partial charge in [0.05, 0.1) is 30.7 Å². The van der Waals surface area contributed by atoms with Crippen LogP contribution < -0.4 is 4.74 Å².